The molecule has 1 aliphatic rings. The minimum atomic E-state index is -0.199. The Balaban J connectivity index is 2.09. The standard InChI is InChI=1S/C15H25N5O/c1-10(2)15-18-13(17-3)9-14(19-15)20-6-4-11(5-7-20)8-12(16)21/h9-11H,4-8H2,1-3H3,(H2,16,21)(H,17,18,19). The number of amides is 1. The second-order valence-corrected chi connectivity index (χ2v) is 5.98. The van der Waals surface area contributed by atoms with Gasteiger partial charge in [0.1, 0.15) is 17.5 Å². The fraction of sp³-hybridized carbons (Fsp3) is 0.667. The first-order valence-corrected chi connectivity index (χ1v) is 7.59. The zero-order valence-electron chi connectivity index (χ0n) is 13.1. The van der Waals surface area contributed by atoms with Gasteiger partial charge in [-0.15, -0.1) is 0 Å². The summed E-state index contributed by atoms with van der Waals surface area (Å²) in [5.41, 5.74) is 5.28. The first-order chi connectivity index (χ1) is 9.99. The maximum Gasteiger partial charge on any atom is 0.217 e. The van der Waals surface area contributed by atoms with E-state index in [2.05, 4.69) is 34.0 Å². The van der Waals surface area contributed by atoms with Crippen LogP contribution in [0.4, 0.5) is 11.6 Å². The van der Waals surface area contributed by atoms with Crippen molar-refractivity contribution < 1.29 is 4.79 Å². The van der Waals surface area contributed by atoms with Crippen LogP contribution >= 0.6 is 0 Å². The summed E-state index contributed by atoms with van der Waals surface area (Å²) in [5, 5.41) is 3.10. The Kier molecular flexibility index (Phi) is 4.98. The predicted molar refractivity (Wildman–Crippen MR) is 84.4 cm³/mol. The van der Waals surface area contributed by atoms with E-state index in [1.54, 1.807) is 0 Å². The molecule has 1 saturated heterocycles. The smallest absolute Gasteiger partial charge is 0.217 e. The number of hydrogen-bond donors (Lipinski definition) is 2. The molecule has 1 fully saturated rings. The second kappa shape index (κ2) is 6.74. The third-order valence-electron chi connectivity index (χ3n) is 3.93. The third-order valence-corrected chi connectivity index (χ3v) is 3.93. The molecule has 1 aliphatic heterocycles. The molecule has 1 amide bonds. The zero-order valence-corrected chi connectivity index (χ0v) is 13.1. The third kappa shape index (κ3) is 4.06. The highest BCUT2D eigenvalue weighted by Crippen LogP contribution is 2.26. The highest BCUT2D eigenvalue weighted by atomic mass is 16.1. The number of carbonyl (C=O) groups excluding carboxylic acids is 1. The van der Waals surface area contributed by atoms with E-state index in [0.29, 0.717) is 18.3 Å². The van der Waals surface area contributed by atoms with Crippen molar-refractivity contribution in [3.05, 3.63) is 11.9 Å². The van der Waals surface area contributed by atoms with Crippen LogP contribution in [0.1, 0.15) is 44.9 Å². The summed E-state index contributed by atoms with van der Waals surface area (Å²) in [4.78, 5) is 22.4. The SMILES string of the molecule is CNc1cc(N2CCC(CC(N)=O)CC2)nc(C(C)C)n1. The molecule has 0 aromatic carbocycles. The fourth-order valence-electron chi connectivity index (χ4n) is 2.65. The van der Waals surface area contributed by atoms with Crippen molar-refractivity contribution >= 4 is 17.5 Å². The topological polar surface area (TPSA) is 84.1 Å². The van der Waals surface area contributed by atoms with Crippen molar-refractivity contribution in [2.75, 3.05) is 30.4 Å². The van der Waals surface area contributed by atoms with Crippen LogP contribution in [0.3, 0.4) is 0 Å². The molecule has 116 valence electrons. The molecule has 0 spiro atoms. The molecule has 1 aromatic heterocycles. The number of nitrogens with zero attached hydrogens (tertiary/aromatic N) is 3. The number of hydrogen-bond acceptors (Lipinski definition) is 5. The molecule has 0 unspecified atom stereocenters. The minimum Gasteiger partial charge on any atom is -0.373 e. The molecule has 21 heavy (non-hydrogen) atoms. The number of rotatable bonds is 5. The summed E-state index contributed by atoms with van der Waals surface area (Å²) >= 11 is 0. The van der Waals surface area contributed by atoms with E-state index < -0.39 is 0 Å². The highest BCUT2D eigenvalue weighted by Gasteiger charge is 2.22. The molecular weight excluding hydrogens is 266 g/mol. The Morgan fingerprint density at radius 3 is 2.62 bits per heavy atom. The number of carbonyl (C=O) groups is 1. The molecule has 3 N–H and O–H groups in total. The number of nitrogens with one attached hydrogen (secondary N) is 1. The van der Waals surface area contributed by atoms with Gasteiger partial charge in [0.25, 0.3) is 0 Å². The minimum absolute atomic E-state index is 0.199. The Morgan fingerprint density at radius 2 is 2.10 bits per heavy atom. The summed E-state index contributed by atoms with van der Waals surface area (Å²) in [7, 11) is 1.87. The van der Waals surface area contributed by atoms with Gasteiger partial charge in [0.15, 0.2) is 0 Å². The Bertz CT molecular complexity index is 495. The van der Waals surface area contributed by atoms with Gasteiger partial charge in [0.05, 0.1) is 0 Å². The summed E-state index contributed by atoms with van der Waals surface area (Å²) in [6, 6.07) is 1.99. The predicted octanol–water partition coefficient (Wildman–Crippen LogP) is 1.73. The number of anilines is 2. The second-order valence-electron chi connectivity index (χ2n) is 5.98. The fourth-order valence-corrected chi connectivity index (χ4v) is 2.65. The highest BCUT2D eigenvalue weighted by molar-refractivity contribution is 5.74. The lowest BCUT2D eigenvalue weighted by Gasteiger charge is -2.32. The van der Waals surface area contributed by atoms with E-state index in [0.717, 1.165) is 43.4 Å². The number of primary amides is 1. The van der Waals surface area contributed by atoms with Gasteiger partial charge in [-0.3, -0.25) is 4.79 Å². The molecule has 0 radical (unpaired) electrons. The van der Waals surface area contributed by atoms with E-state index in [9.17, 15) is 4.79 Å². The van der Waals surface area contributed by atoms with Crippen LogP contribution < -0.4 is 16.0 Å². The summed E-state index contributed by atoms with van der Waals surface area (Å²) in [6.45, 7) is 6.01. The van der Waals surface area contributed by atoms with Gasteiger partial charge in [-0.25, -0.2) is 9.97 Å². The van der Waals surface area contributed by atoms with Gasteiger partial charge in [0, 0.05) is 38.5 Å². The maximum atomic E-state index is 11.0. The van der Waals surface area contributed by atoms with Gasteiger partial charge in [-0.2, -0.15) is 0 Å². The van der Waals surface area contributed by atoms with Crippen LogP contribution in [0.5, 0.6) is 0 Å². The Hall–Kier alpha value is -1.85. The van der Waals surface area contributed by atoms with Crippen molar-refractivity contribution in [3.63, 3.8) is 0 Å². The molecule has 2 heterocycles. The van der Waals surface area contributed by atoms with E-state index in [-0.39, 0.29) is 5.91 Å². The lowest BCUT2D eigenvalue weighted by atomic mass is 9.93. The quantitative estimate of drug-likeness (QED) is 0.863. The Morgan fingerprint density at radius 1 is 1.43 bits per heavy atom. The van der Waals surface area contributed by atoms with E-state index in [1.165, 1.54) is 0 Å². The largest absolute Gasteiger partial charge is 0.373 e. The molecular formula is C15H25N5O. The zero-order chi connectivity index (χ0) is 15.4. The van der Waals surface area contributed by atoms with E-state index in [1.807, 2.05) is 13.1 Å². The molecule has 2 rings (SSSR count). The molecule has 6 nitrogen and oxygen atoms in total. The van der Waals surface area contributed by atoms with Crippen molar-refractivity contribution in [1.82, 2.24) is 9.97 Å². The first-order valence-electron chi connectivity index (χ1n) is 7.59. The molecule has 0 aliphatic carbocycles. The van der Waals surface area contributed by atoms with Crippen LogP contribution in [0, 0.1) is 5.92 Å². The Labute approximate surface area is 126 Å². The van der Waals surface area contributed by atoms with Crippen LogP contribution in [0.2, 0.25) is 0 Å². The molecule has 0 bridgehead atoms. The molecule has 1 aromatic rings. The first kappa shape index (κ1) is 15.5. The van der Waals surface area contributed by atoms with Crippen LogP contribution in [-0.2, 0) is 4.79 Å². The van der Waals surface area contributed by atoms with Crippen LogP contribution in [-0.4, -0.2) is 36.0 Å². The summed E-state index contributed by atoms with van der Waals surface area (Å²) in [6.07, 6.45) is 2.47. The van der Waals surface area contributed by atoms with Gasteiger partial charge in [0.2, 0.25) is 5.91 Å². The molecule has 0 atom stereocenters. The normalized spacial score (nSPS) is 16.3. The maximum absolute atomic E-state index is 11.0. The lowest BCUT2D eigenvalue weighted by Crippen LogP contribution is -2.35. The molecule has 0 saturated carbocycles. The number of aromatic nitrogens is 2. The number of piperidine rings is 1. The summed E-state index contributed by atoms with van der Waals surface area (Å²) < 4.78 is 0. The number of nitrogens with two attached hydrogens (primary N) is 1. The van der Waals surface area contributed by atoms with Gasteiger partial charge >= 0.3 is 0 Å². The van der Waals surface area contributed by atoms with Crippen molar-refractivity contribution in [2.45, 2.75) is 39.0 Å². The van der Waals surface area contributed by atoms with E-state index >= 15 is 0 Å². The monoisotopic (exact) mass is 291 g/mol. The van der Waals surface area contributed by atoms with Crippen molar-refractivity contribution in [2.24, 2.45) is 11.7 Å². The van der Waals surface area contributed by atoms with Gasteiger partial charge in [-0.1, -0.05) is 13.8 Å². The van der Waals surface area contributed by atoms with Crippen LogP contribution in [0.25, 0.3) is 0 Å². The van der Waals surface area contributed by atoms with Crippen molar-refractivity contribution in [3.8, 4) is 0 Å². The van der Waals surface area contributed by atoms with Gasteiger partial charge in [-0.05, 0) is 18.8 Å². The average molecular weight is 291 g/mol. The van der Waals surface area contributed by atoms with Gasteiger partial charge < -0.3 is 16.0 Å². The van der Waals surface area contributed by atoms with E-state index in [4.69, 9.17) is 5.73 Å². The molecule has 6 heteroatoms. The van der Waals surface area contributed by atoms with Crippen LogP contribution in [0.15, 0.2) is 6.07 Å². The summed E-state index contributed by atoms with van der Waals surface area (Å²) in [5.74, 6) is 3.18. The van der Waals surface area contributed by atoms with Crippen molar-refractivity contribution in [1.29, 1.82) is 0 Å². The lowest BCUT2D eigenvalue weighted by molar-refractivity contribution is -0.119. The average Bonchev–Trinajstić information content (AvgIpc) is 2.46.